The molecule has 1 aliphatic rings. The molecule has 1 rings (SSSR count). The van der Waals surface area contributed by atoms with Gasteiger partial charge >= 0.3 is 12.4 Å². The third-order valence-electron chi connectivity index (χ3n) is 2.23. The summed E-state index contributed by atoms with van der Waals surface area (Å²) in [5, 5.41) is 0. The largest absolute Gasteiger partial charge is 0.465 e. The number of Topliss-reactive ketones (excluding diaryl/α,β-unsaturated/α-hetero) is 1. The molecule has 17 heavy (non-hydrogen) atoms. The number of rotatable bonds is 4. The summed E-state index contributed by atoms with van der Waals surface area (Å²) in [7, 11) is 1.04. The van der Waals surface area contributed by atoms with Crippen LogP contribution in [0.15, 0.2) is 11.8 Å². The van der Waals surface area contributed by atoms with Crippen molar-refractivity contribution in [2.24, 2.45) is 0 Å². The first-order chi connectivity index (χ1) is 8.06. The zero-order valence-corrected chi connectivity index (χ0v) is 9.32. The average molecular weight is 249 g/mol. The number of hydrogen-bond donors (Lipinski definition) is 0. The van der Waals surface area contributed by atoms with Crippen molar-refractivity contribution >= 4 is 11.8 Å². The monoisotopic (exact) mass is 249 g/mol. The number of hydrogen-bond acceptors (Lipinski definition) is 5. The molecule has 0 unspecified atom stereocenters. The second kappa shape index (κ2) is 6.29. The van der Waals surface area contributed by atoms with E-state index in [1.807, 2.05) is 0 Å². The highest BCUT2D eigenvalue weighted by molar-refractivity contribution is 6.18. The second-order valence-corrected chi connectivity index (χ2v) is 3.35. The SMILES string of the molecule is COC(=O)/C(=C\N1CCOCC1)C(=O)C(F)F. The number of carbonyl (C=O) groups is 2. The fourth-order valence-electron chi connectivity index (χ4n) is 1.33. The Balaban J connectivity index is 2.84. The zero-order valence-electron chi connectivity index (χ0n) is 9.32. The van der Waals surface area contributed by atoms with Gasteiger partial charge in [-0.3, -0.25) is 4.79 Å². The first-order valence-corrected chi connectivity index (χ1v) is 5.00. The highest BCUT2D eigenvalue weighted by Crippen LogP contribution is 2.10. The highest BCUT2D eigenvalue weighted by atomic mass is 19.3. The molecule has 0 radical (unpaired) electrons. The Bertz CT molecular complexity index is 324. The topological polar surface area (TPSA) is 55.8 Å². The van der Waals surface area contributed by atoms with E-state index in [2.05, 4.69) is 4.74 Å². The van der Waals surface area contributed by atoms with Crippen LogP contribution < -0.4 is 0 Å². The van der Waals surface area contributed by atoms with Gasteiger partial charge in [0.25, 0.3) is 0 Å². The van der Waals surface area contributed by atoms with Crippen LogP contribution >= 0.6 is 0 Å². The maximum Gasteiger partial charge on any atom is 0.343 e. The number of ketones is 1. The number of carbonyl (C=O) groups excluding carboxylic acids is 2. The molecule has 5 nitrogen and oxygen atoms in total. The fraction of sp³-hybridized carbons (Fsp3) is 0.600. The molecule has 0 amide bonds. The molecular weight excluding hydrogens is 236 g/mol. The second-order valence-electron chi connectivity index (χ2n) is 3.35. The van der Waals surface area contributed by atoms with Crippen molar-refractivity contribution in [3.63, 3.8) is 0 Å². The minimum absolute atomic E-state index is 0.424. The van der Waals surface area contributed by atoms with E-state index in [9.17, 15) is 18.4 Å². The number of morpholine rings is 1. The van der Waals surface area contributed by atoms with Crippen molar-refractivity contribution in [1.82, 2.24) is 4.90 Å². The predicted molar refractivity (Wildman–Crippen MR) is 53.5 cm³/mol. The molecule has 1 saturated heterocycles. The van der Waals surface area contributed by atoms with Crippen molar-refractivity contribution in [2.45, 2.75) is 6.43 Å². The molecule has 0 aromatic heterocycles. The molecule has 0 atom stereocenters. The summed E-state index contributed by atoms with van der Waals surface area (Å²) in [4.78, 5) is 23.9. The maximum absolute atomic E-state index is 12.3. The molecule has 0 N–H and O–H groups in total. The van der Waals surface area contributed by atoms with Crippen LogP contribution in [0.2, 0.25) is 0 Å². The highest BCUT2D eigenvalue weighted by Gasteiger charge is 2.28. The van der Waals surface area contributed by atoms with Crippen LogP contribution in [-0.2, 0) is 19.1 Å². The quantitative estimate of drug-likeness (QED) is 0.308. The van der Waals surface area contributed by atoms with Crippen molar-refractivity contribution < 1.29 is 27.8 Å². The molecule has 1 aliphatic heterocycles. The molecule has 0 aliphatic carbocycles. The standard InChI is InChI=1S/C10H13F2NO4/c1-16-10(15)7(8(14)9(11)12)6-13-2-4-17-5-3-13/h6,9H,2-5H2,1H3/b7-6-. The summed E-state index contributed by atoms with van der Waals surface area (Å²) < 4.78 is 33.9. The third-order valence-corrected chi connectivity index (χ3v) is 2.23. The van der Waals surface area contributed by atoms with E-state index in [1.165, 1.54) is 0 Å². The van der Waals surface area contributed by atoms with Gasteiger partial charge in [-0.05, 0) is 0 Å². The zero-order chi connectivity index (χ0) is 12.8. The van der Waals surface area contributed by atoms with Crippen molar-refractivity contribution in [2.75, 3.05) is 33.4 Å². The van der Waals surface area contributed by atoms with Gasteiger partial charge in [-0.15, -0.1) is 0 Å². The van der Waals surface area contributed by atoms with Gasteiger partial charge in [0.2, 0.25) is 5.78 Å². The fourth-order valence-corrected chi connectivity index (χ4v) is 1.33. The minimum Gasteiger partial charge on any atom is -0.465 e. The Morgan fingerprint density at radius 2 is 1.94 bits per heavy atom. The van der Waals surface area contributed by atoms with Gasteiger partial charge < -0.3 is 14.4 Å². The number of esters is 1. The number of ether oxygens (including phenoxy) is 2. The van der Waals surface area contributed by atoms with E-state index < -0.39 is 23.8 Å². The van der Waals surface area contributed by atoms with Gasteiger partial charge in [0, 0.05) is 19.3 Å². The maximum atomic E-state index is 12.3. The van der Waals surface area contributed by atoms with E-state index in [4.69, 9.17) is 4.74 Å². The lowest BCUT2D eigenvalue weighted by Gasteiger charge is -2.25. The van der Waals surface area contributed by atoms with E-state index in [0.29, 0.717) is 26.3 Å². The summed E-state index contributed by atoms with van der Waals surface area (Å²) in [5.74, 6) is -2.58. The molecule has 0 saturated carbocycles. The molecule has 1 heterocycles. The average Bonchev–Trinajstić information content (AvgIpc) is 2.35. The lowest BCUT2D eigenvalue weighted by molar-refractivity contribution is -0.140. The summed E-state index contributed by atoms with van der Waals surface area (Å²) >= 11 is 0. The smallest absolute Gasteiger partial charge is 0.343 e. The van der Waals surface area contributed by atoms with Crippen LogP contribution in [0.3, 0.4) is 0 Å². The first kappa shape index (κ1) is 13.6. The van der Waals surface area contributed by atoms with E-state index in [1.54, 1.807) is 4.90 Å². The molecule has 0 aromatic rings. The molecular formula is C10H13F2NO4. The Morgan fingerprint density at radius 1 is 1.35 bits per heavy atom. The lowest BCUT2D eigenvalue weighted by Crippen LogP contribution is -2.34. The Kier molecular flexibility index (Phi) is 5.02. The Morgan fingerprint density at radius 3 is 2.41 bits per heavy atom. The number of nitrogens with zero attached hydrogens (tertiary/aromatic N) is 1. The minimum atomic E-state index is -3.22. The number of halogens is 2. The van der Waals surface area contributed by atoms with Gasteiger partial charge in [0.1, 0.15) is 5.57 Å². The Hall–Kier alpha value is -1.50. The summed E-state index contributed by atoms with van der Waals surface area (Å²) in [6.45, 7) is 1.73. The summed E-state index contributed by atoms with van der Waals surface area (Å²) in [5.41, 5.74) is -0.635. The van der Waals surface area contributed by atoms with Crippen LogP contribution in [0.25, 0.3) is 0 Å². The summed E-state index contributed by atoms with van der Waals surface area (Å²) in [6.07, 6.45) is -2.11. The molecule has 96 valence electrons. The summed E-state index contributed by atoms with van der Waals surface area (Å²) in [6, 6.07) is 0. The molecule has 1 fully saturated rings. The van der Waals surface area contributed by atoms with Gasteiger partial charge in [0.05, 0.1) is 20.3 Å². The molecule has 0 bridgehead atoms. The van der Waals surface area contributed by atoms with E-state index >= 15 is 0 Å². The third kappa shape index (κ3) is 3.77. The molecule has 7 heteroatoms. The van der Waals surface area contributed by atoms with Crippen LogP contribution in [0.5, 0.6) is 0 Å². The van der Waals surface area contributed by atoms with Crippen LogP contribution in [0.1, 0.15) is 0 Å². The van der Waals surface area contributed by atoms with Crippen molar-refractivity contribution in [3.05, 3.63) is 11.8 Å². The lowest BCUT2D eigenvalue weighted by atomic mass is 10.2. The van der Waals surface area contributed by atoms with Crippen LogP contribution in [0.4, 0.5) is 8.78 Å². The van der Waals surface area contributed by atoms with Crippen LogP contribution in [-0.4, -0.2) is 56.5 Å². The van der Waals surface area contributed by atoms with Crippen LogP contribution in [0, 0.1) is 0 Å². The van der Waals surface area contributed by atoms with Gasteiger partial charge in [-0.1, -0.05) is 0 Å². The molecule has 0 aromatic carbocycles. The van der Waals surface area contributed by atoms with Gasteiger partial charge in [-0.25, -0.2) is 13.6 Å². The van der Waals surface area contributed by atoms with Gasteiger partial charge in [0.15, 0.2) is 0 Å². The van der Waals surface area contributed by atoms with Crippen molar-refractivity contribution in [3.8, 4) is 0 Å². The van der Waals surface area contributed by atoms with Gasteiger partial charge in [-0.2, -0.15) is 0 Å². The van der Waals surface area contributed by atoms with Crippen molar-refractivity contribution in [1.29, 1.82) is 0 Å². The number of alkyl halides is 2. The van der Waals surface area contributed by atoms with E-state index in [-0.39, 0.29) is 0 Å². The normalized spacial score (nSPS) is 17.2. The number of methoxy groups -OCH3 is 1. The predicted octanol–water partition coefficient (Wildman–Crippen LogP) is 0.210. The first-order valence-electron chi connectivity index (χ1n) is 5.00. The Labute approximate surface area is 97.0 Å². The van der Waals surface area contributed by atoms with E-state index in [0.717, 1.165) is 13.3 Å². The molecule has 0 spiro atoms.